The molecule has 0 aliphatic carbocycles. The summed E-state index contributed by atoms with van der Waals surface area (Å²) in [5.41, 5.74) is 1.67. The van der Waals surface area contributed by atoms with Crippen molar-refractivity contribution in [2.45, 2.75) is 33.3 Å². The maximum absolute atomic E-state index is 15.7. The number of fused-ring (bicyclic) bond motifs is 2. The number of ether oxygens (including phenoxy) is 3. The van der Waals surface area contributed by atoms with Gasteiger partial charge in [-0.25, -0.2) is 23.5 Å². The van der Waals surface area contributed by atoms with E-state index in [1.54, 1.807) is 69.6 Å². The van der Waals surface area contributed by atoms with E-state index in [1.807, 2.05) is 0 Å². The number of methoxy groups -OCH3 is 2. The van der Waals surface area contributed by atoms with Crippen LogP contribution in [-0.4, -0.2) is 46.0 Å². The summed E-state index contributed by atoms with van der Waals surface area (Å²) in [6, 6.07) is 8.17. The van der Waals surface area contributed by atoms with Gasteiger partial charge in [-0.1, -0.05) is 18.7 Å². The van der Waals surface area contributed by atoms with Gasteiger partial charge in [0, 0.05) is 18.0 Å². The van der Waals surface area contributed by atoms with E-state index in [2.05, 4.69) is 6.58 Å². The first-order valence-corrected chi connectivity index (χ1v) is 11.2. The molecule has 4 rings (SSSR count). The summed E-state index contributed by atoms with van der Waals surface area (Å²) in [6.07, 6.45) is -0.750. The topological polar surface area (TPSA) is 84.6 Å². The predicted octanol–water partition coefficient (Wildman–Crippen LogP) is 5.95. The smallest absolute Gasteiger partial charge is 0.419 e. The number of carbonyl (C=O) groups excluding carboxylic acids is 2. The highest BCUT2D eigenvalue weighted by Crippen LogP contribution is 2.36. The molecule has 0 saturated heterocycles. The van der Waals surface area contributed by atoms with Crippen molar-refractivity contribution in [2.24, 2.45) is 7.05 Å². The fourth-order valence-corrected chi connectivity index (χ4v) is 4.18. The van der Waals surface area contributed by atoms with Crippen LogP contribution in [0.25, 0.3) is 39.0 Å². The Balaban J connectivity index is 2.07. The number of halogens is 1. The number of hydrogen-bond acceptors (Lipinski definition) is 6. The third-order valence-corrected chi connectivity index (χ3v) is 5.74. The van der Waals surface area contributed by atoms with Gasteiger partial charge in [-0.15, -0.1) is 0 Å². The molecule has 4 aromatic rings. The Morgan fingerprint density at radius 3 is 2.36 bits per heavy atom. The number of aryl methyl sites for hydroxylation is 1. The molecule has 0 radical (unpaired) electrons. The summed E-state index contributed by atoms with van der Waals surface area (Å²) in [6.45, 7) is 10.8. The highest BCUT2D eigenvalue weighted by Gasteiger charge is 2.28. The van der Waals surface area contributed by atoms with Crippen LogP contribution in [0.1, 0.15) is 43.6 Å². The quantitative estimate of drug-likeness (QED) is 0.327. The van der Waals surface area contributed by atoms with Gasteiger partial charge in [0.05, 0.1) is 36.5 Å². The van der Waals surface area contributed by atoms with Crippen molar-refractivity contribution in [1.82, 2.24) is 14.1 Å². The number of hydrogen-bond donors (Lipinski definition) is 0. The van der Waals surface area contributed by atoms with Crippen LogP contribution in [0.5, 0.6) is 5.75 Å². The van der Waals surface area contributed by atoms with Crippen molar-refractivity contribution in [3.63, 3.8) is 0 Å². The van der Waals surface area contributed by atoms with E-state index in [0.29, 0.717) is 44.8 Å². The Bertz CT molecular complexity index is 1560. The number of esters is 1. The maximum atomic E-state index is 15.7. The van der Waals surface area contributed by atoms with Crippen LogP contribution in [-0.2, 0) is 16.5 Å². The lowest BCUT2D eigenvalue weighted by atomic mass is 10.1. The monoisotopic (exact) mass is 493 g/mol. The fraction of sp³-hybridized carbons (Fsp3) is 0.296. The summed E-state index contributed by atoms with van der Waals surface area (Å²) in [7, 11) is 4.52. The zero-order valence-electron chi connectivity index (χ0n) is 21.4. The minimum Gasteiger partial charge on any atom is -0.494 e. The average molecular weight is 494 g/mol. The second-order valence-electron chi connectivity index (χ2n) is 9.52. The number of imidazole rings is 1. The molecule has 2 aromatic heterocycles. The third-order valence-electron chi connectivity index (χ3n) is 5.74. The molecule has 188 valence electrons. The van der Waals surface area contributed by atoms with Gasteiger partial charge in [0.1, 0.15) is 16.9 Å². The van der Waals surface area contributed by atoms with Crippen molar-refractivity contribution in [3.8, 4) is 17.3 Å². The molecule has 2 heterocycles. The molecule has 0 fully saturated rings. The van der Waals surface area contributed by atoms with Gasteiger partial charge in [-0.2, -0.15) is 0 Å². The molecular formula is C27H28FN3O5. The summed E-state index contributed by atoms with van der Waals surface area (Å²) in [4.78, 5) is 30.3. The van der Waals surface area contributed by atoms with E-state index in [0.717, 1.165) is 0 Å². The summed E-state index contributed by atoms with van der Waals surface area (Å²) in [5.74, 6) is -0.380. The van der Waals surface area contributed by atoms with E-state index in [4.69, 9.17) is 19.2 Å². The molecule has 0 atom stereocenters. The molecule has 2 aromatic carbocycles. The first-order chi connectivity index (χ1) is 16.9. The Morgan fingerprint density at radius 2 is 1.78 bits per heavy atom. The van der Waals surface area contributed by atoms with Gasteiger partial charge in [0.15, 0.2) is 11.6 Å². The number of benzene rings is 2. The minimum absolute atomic E-state index is 0.0639. The lowest BCUT2D eigenvalue weighted by Crippen LogP contribution is -2.28. The molecule has 0 amide bonds. The average Bonchev–Trinajstić information content (AvgIpc) is 3.35. The van der Waals surface area contributed by atoms with Crippen molar-refractivity contribution in [2.75, 3.05) is 14.2 Å². The molecule has 0 aliphatic rings. The predicted molar refractivity (Wildman–Crippen MR) is 136 cm³/mol. The molecule has 0 unspecified atom stereocenters. The molecule has 0 saturated carbocycles. The largest absolute Gasteiger partial charge is 0.494 e. The third kappa shape index (κ3) is 4.10. The van der Waals surface area contributed by atoms with E-state index in [1.165, 1.54) is 18.8 Å². The summed E-state index contributed by atoms with van der Waals surface area (Å²) < 4.78 is 34.6. The maximum Gasteiger partial charge on any atom is 0.419 e. The van der Waals surface area contributed by atoms with Crippen molar-refractivity contribution in [1.29, 1.82) is 0 Å². The van der Waals surface area contributed by atoms with Gasteiger partial charge in [-0.05, 0) is 51.5 Å². The van der Waals surface area contributed by atoms with Crippen LogP contribution in [0.2, 0.25) is 0 Å². The SMILES string of the molecule is C=C(C)c1ccc2cc(-c3nc4cc(C(=O)OC)cc(OC)c4n3C)n(C(=O)OC(C)(C)C)c2c1F. The van der Waals surface area contributed by atoms with Crippen LogP contribution < -0.4 is 4.74 Å². The number of aromatic nitrogens is 3. The molecule has 8 nitrogen and oxygen atoms in total. The molecule has 0 bridgehead atoms. The fourth-order valence-electron chi connectivity index (χ4n) is 4.18. The van der Waals surface area contributed by atoms with E-state index in [-0.39, 0.29) is 11.1 Å². The first kappa shape index (κ1) is 25.0. The van der Waals surface area contributed by atoms with Crippen LogP contribution in [0, 0.1) is 5.82 Å². The van der Waals surface area contributed by atoms with Crippen LogP contribution in [0.4, 0.5) is 9.18 Å². The van der Waals surface area contributed by atoms with Crippen LogP contribution in [0.3, 0.4) is 0 Å². The molecule has 0 aliphatic heterocycles. The van der Waals surface area contributed by atoms with Crippen molar-refractivity contribution in [3.05, 3.63) is 53.9 Å². The second kappa shape index (κ2) is 8.82. The Kier molecular flexibility index (Phi) is 6.12. The highest BCUT2D eigenvalue weighted by atomic mass is 19.1. The van der Waals surface area contributed by atoms with Crippen LogP contribution in [0.15, 0.2) is 36.9 Å². The first-order valence-electron chi connectivity index (χ1n) is 11.2. The van der Waals surface area contributed by atoms with Crippen molar-refractivity contribution >= 4 is 39.6 Å². The Hall–Kier alpha value is -4.14. The molecule has 9 heteroatoms. The summed E-state index contributed by atoms with van der Waals surface area (Å²) in [5, 5.41) is 0.493. The number of carbonyl (C=O) groups is 2. The lowest BCUT2D eigenvalue weighted by Gasteiger charge is -2.21. The van der Waals surface area contributed by atoms with Gasteiger partial charge < -0.3 is 18.8 Å². The van der Waals surface area contributed by atoms with E-state index >= 15 is 4.39 Å². The van der Waals surface area contributed by atoms with Crippen molar-refractivity contribution < 1.29 is 28.2 Å². The van der Waals surface area contributed by atoms with E-state index in [9.17, 15) is 9.59 Å². The highest BCUT2D eigenvalue weighted by molar-refractivity contribution is 6.00. The summed E-state index contributed by atoms with van der Waals surface area (Å²) >= 11 is 0. The van der Waals surface area contributed by atoms with Gasteiger partial charge in [-0.3, -0.25) is 0 Å². The number of rotatable bonds is 4. The van der Waals surface area contributed by atoms with Crippen LogP contribution >= 0.6 is 0 Å². The zero-order valence-corrected chi connectivity index (χ0v) is 21.4. The Morgan fingerprint density at radius 1 is 1.08 bits per heavy atom. The lowest BCUT2D eigenvalue weighted by molar-refractivity contribution is 0.0544. The van der Waals surface area contributed by atoms with Gasteiger partial charge in [0.2, 0.25) is 0 Å². The van der Waals surface area contributed by atoms with Gasteiger partial charge in [0.25, 0.3) is 0 Å². The normalized spacial score (nSPS) is 11.7. The molecular weight excluding hydrogens is 465 g/mol. The number of allylic oxidation sites excluding steroid dienone is 1. The standard InChI is InChI=1S/C27H28FN3O5/c1-14(2)17-10-9-15-12-19(31(22(15)21(17)28)26(33)36-27(3,4)5)24-29-18-11-16(25(32)35-8)13-20(34-7)23(18)30(24)6/h9-13H,1H2,2-8H3. The number of nitrogens with zero attached hydrogens (tertiary/aromatic N) is 3. The Labute approximate surface area is 207 Å². The molecule has 0 spiro atoms. The van der Waals surface area contributed by atoms with Gasteiger partial charge >= 0.3 is 12.1 Å². The molecule has 36 heavy (non-hydrogen) atoms. The minimum atomic E-state index is -0.821. The zero-order chi connectivity index (χ0) is 26.5. The molecule has 0 N–H and O–H groups in total. The van der Waals surface area contributed by atoms with E-state index < -0.39 is 23.5 Å². The second-order valence-corrected chi connectivity index (χ2v) is 9.52.